The zero-order valence-electron chi connectivity index (χ0n) is 8.83. The molecule has 2 aromatic rings. The van der Waals surface area contributed by atoms with Gasteiger partial charge in [0, 0.05) is 17.3 Å². The molecule has 3 N–H and O–H groups in total. The molecule has 7 heteroatoms. The molecule has 0 atom stereocenters. The van der Waals surface area contributed by atoms with Crippen molar-refractivity contribution in [2.45, 2.75) is 5.75 Å². The smallest absolute Gasteiger partial charge is 0.238 e. The number of benzene rings is 1. The van der Waals surface area contributed by atoms with Crippen LogP contribution >= 0.6 is 11.3 Å². The molecule has 0 bridgehead atoms. The minimum atomic E-state index is -3.43. The minimum absolute atomic E-state index is 0.113. The normalized spacial score (nSPS) is 11.3. The number of rotatable bonds is 4. The highest BCUT2D eigenvalue weighted by molar-refractivity contribution is 7.92. The number of hydrogen-bond acceptors (Lipinski definition) is 5. The van der Waals surface area contributed by atoms with Crippen molar-refractivity contribution in [3.05, 3.63) is 41.4 Å². The fourth-order valence-electron chi connectivity index (χ4n) is 1.35. The lowest BCUT2D eigenvalue weighted by Crippen LogP contribution is -2.14. The number of nitrogens with two attached hydrogens (primary N) is 1. The van der Waals surface area contributed by atoms with Crippen molar-refractivity contribution in [1.29, 1.82) is 0 Å². The number of thiazole rings is 1. The summed E-state index contributed by atoms with van der Waals surface area (Å²) in [6.45, 7) is 0. The van der Waals surface area contributed by atoms with E-state index in [1.54, 1.807) is 35.8 Å². The molecule has 0 radical (unpaired) electrons. The van der Waals surface area contributed by atoms with Crippen molar-refractivity contribution in [2.24, 2.45) is 0 Å². The predicted octanol–water partition coefficient (Wildman–Crippen LogP) is 1.67. The Bertz CT molecular complexity index is 594. The van der Waals surface area contributed by atoms with Crippen molar-refractivity contribution in [3.8, 4) is 0 Å². The lowest BCUT2D eigenvalue weighted by molar-refractivity contribution is 0.600. The monoisotopic (exact) mass is 269 g/mol. The second-order valence-electron chi connectivity index (χ2n) is 3.44. The van der Waals surface area contributed by atoms with Gasteiger partial charge in [-0.25, -0.2) is 13.4 Å². The van der Waals surface area contributed by atoms with Crippen LogP contribution in [0.5, 0.6) is 0 Å². The summed E-state index contributed by atoms with van der Waals surface area (Å²) in [7, 11) is -3.43. The van der Waals surface area contributed by atoms with Crippen LogP contribution in [0.4, 0.5) is 10.8 Å². The van der Waals surface area contributed by atoms with Crippen LogP contribution < -0.4 is 10.5 Å². The maximum Gasteiger partial charge on any atom is 0.238 e. The van der Waals surface area contributed by atoms with Crippen LogP contribution in [0, 0.1) is 0 Å². The molecule has 90 valence electrons. The number of hydrogen-bond donors (Lipinski definition) is 2. The number of nitrogens with one attached hydrogen (secondary N) is 1. The second kappa shape index (κ2) is 4.72. The molecular weight excluding hydrogens is 258 g/mol. The Morgan fingerprint density at radius 3 is 2.88 bits per heavy atom. The molecule has 5 nitrogen and oxygen atoms in total. The van der Waals surface area contributed by atoms with Gasteiger partial charge in [0.05, 0.1) is 5.75 Å². The molecule has 0 fully saturated rings. The predicted molar refractivity (Wildman–Crippen MR) is 69.2 cm³/mol. The Balaban J connectivity index is 2.12. The van der Waals surface area contributed by atoms with Gasteiger partial charge in [-0.15, -0.1) is 11.3 Å². The zero-order chi connectivity index (χ0) is 12.3. The van der Waals surface area contributed by atoms with Crippen LogP contribution in [0.3, 0.4) is 0 Å². The van der Waals surface area contributed by atoms with Gasteiger partial charge in [-0.05, 0) is 17.7 Å². The number of nitrogen functional groups attached to an aromatic ring is 1. The molecule has 17 heavy (non-hydrogen) atoms. The van der Waals surface area contributed by atoms with Crippen LogP contribution in [0.2, 0.25) is 0 Å². The fraction of sp³-hybridized carbons (Fsp3) is 0.100. The lowest BCUT2D eigenvalue weighted by Gasteiger charge is -2.05. The number of nitrogens with zero attached hydrogens (tertiary/aromatic N) is 1. The van der Waals surface area contributed by atoms with Crippen LogP contribution in [0.1, 0.15) is 5.56 Å². The standard InChI is InChI=1S/C10H11N3O2S2/c11-9-3-1-2-8(6-9)7-17(14,15)13-10-12-4-5-16-10/h1-6H,7,11H2,(H,12,13). The Hall–Kier alpha value is -1.60. The lowest BCUT2D eigenvalue weighted by atomic mass is 10.2. The van der Waals surface area contributed by atoms with Gasteiger partial charge in [-0.3, -0.25) is 4.72 Å². The molecule has 1 aromatic carbocycles. The van der Waals surface area contributed by atoms with E-state index in [4.69, 9.17) is 5.73 Å². The van der Waals surface area contributed by atoms with E-state index in [0.29, 0.717) is 16.4 Å². The van der Waals surface area contributed by atoms with Crippen molar-refractivity contribution in [1.82, 2.24) is 4.98 Å². The first-order valence-corrected chi connectivity index (χ1v) is 7.33. The largest absolute Gasteiger partial charge is 0.399 e. The van der Waals surface area contributed by atoms with E-state index < -0.39 is 10.0 Å². The average Bonchev–Trinajstić information content (AvgIpc) is 2.68. The molecule has 0 spiro atoms. The van der Waals surface area contributed by atoms with Gasteiger partial charge in [0.25, 0.3) is 0 Å². The number of anilines is 2. The van der Waals surface area contributed by atoms with Gasteiger partial charge >= 0.3 is 0 Å². The summed E-state index contributed by atoms with van der Waals surface area (Å²) in [5, 5.41) is 2.08. The molecule has 0 aliphatic rings. The van der Waals surface area contributed by atoms with Gasteiger partial charge < -0.3 is 5.73 Å². The molecule has 1 heterocycles. The maximum absolute atomic E-state index is 11.8. The van der Waals surface area contributed by atoms with Crippen LogP contribution in [-0.4, -0.2) is 13.4 Å². The highest BCUT2D eigenvalue weighted by Gasteiger charge is 2.12. The number of aromatic nitrogens is 1. The third-order valence-electron chi connectivity index (χ3n) is 1.98. The summed E-state index contributed by atoms with van der Waals surface area (Å²) in [5.74, 6) is -0.113. The highest BCUT2D eigenvalue weighted by atomic mass is 32.2. The third-order valence-corrected chi connectivity index (χ3v) is 4.02. The van der Waals surface area contributed by atoms with Crippen molar-refractivity contribution < 1.29 is 8.42 Å². The third kappa shape index (κ3) is 3.43. The summed E-state index contributed by atoms with van der Waals surface area (Å²) in [5.41, 5.74) is 6.78. The van der Waals surface area contributed by atoms with Crippen molar-refractivity contribution in [2.75, 3.05) is 10.5 Å². The Morgan fingerprint density at radius 1 is 1.41 bits per heavy atom. The Morgan fingerprint density at radius 2 is 2.24 bits per heavy atom. The summed E-state index contributed by atoms with van der Waals surface area (Å²) >= 11 is 1.24. The quantitative estimate of drug-likeness (QED) is 0.827. The first-order chi connectivity index (χ1) is 8.05. The fourth-order valence-corrected chi connectivity index (χ4v) is 3.30. The van der Waals surface area contributed by atoms with Crippen LogP contribution in [0.15, 0.2) is 35.8 Å². The van der Waals surface area contributed by atoms with Gasteiger partial charge in [-0.1, -0.05) is 12.1 Å². The molecule has 0 aliphatic carbocycles. The minimum Gasteiger partial charge on any atom is -0.399 e. The van der Waals surface area contributed by atoms with Crippen molar-refractivity contribution >= 4 is 32.2 Å². The van der Waals surface area contributed by atoms with E-state index in [0.717, 1.165) is 0 Å². The van der Waals surface area contributed by atoms with E-state index in [9.17, 15) is 8.42 Å². The first kappa shape index (κ1) is 11.9. The molecular formula is C10H11N3O2S2. The van der Waals surface area contributed by atoms with Crippen LogP contribution in [-0.2, 0) is 15.8 Å². The average molecular weight is 269 g/mol. The number of sulfonamides is 1. The SMILES string of the molecule is Nc1cccc(CS(=O)(=O)Nc2nccs2)c1. The molecule has 0 unspecified atom stereocenters. The van der Waals surface area contributed by atoms with Gasteiger partial charge in [0.1, 0.15) is 0 Å². The van der Waals surface area contributed by atoms with Gasteiger partial charge in [0.2, 0.25) is 10.0 Å². The van der Waals surface area contributed by atoms with E-state index in [1.165, 1.54) is 11.3 Å². The van der Waals surface area contributed by atoms with Gasteiger partial charge in [-0.2, -0.15) is 0 Å². The second-order valence-corrected chi connectivity index (χ2v) is 6.06. The Kier molecular flexibility index (Phi) is 3.30. The molecule has 1 aromatic heterocycles. The van der Waals surface area contributed by atoms with Crippen LogP contribution in [0.25, 0.3) is 0 Å². The topological polar surface area (TPSA) is 85.1 Å². The van der Waals surface area contributed by atoms with Crippen molar-refractivity contribution in [3.63, 3.8) is 0 Å². The maximum atomic E-state index is 11.8. The molecule has 2 rings (SSSR count). The molecule has 0 saturated heterocycles. The Labute approximate surface area is 103 Å². The van der Waals surface area contributed by atoms with E-state index in [2.05, 4.69) is 9.71 Å². The molecule has 0 saturated carbocycles. The molecule has 0 amide bonds. The van der Waals surface area contributed by atoms with E-state index in [1.807, 2.05) is 0 Å². The summed E-state index contributed by atoms with van der Waals surface area (Å²) in [6.07, 6.45) is 1.54. The molecule has 0 aliphatic heterocycles. The summed E-state index contributed by atoms with van der Waals surface area (Å²) in [4.78, 5) is 3.86. The van der Waals surface area contributed by atoms with E-state index >= 15 is 0 Å². The summed E-state index contributed by atoms with van der Waals surface area (Å²) in [6, 6.07) is 6.80. The van der Waals surface area contributed by atoms with Gasteiger partial charge in [0.15, 0.2) is 5.13 Å². The summed E-state index contributed by atoms with van der Waals surface area (Å²) < 4.78 is 26.0. The highest BCUT2D eigenvalue weighted by Crippen LogP contribution is 2.16. The van der Waals surface area contributed by atoms with E-state index in [-0.39, 0.29) is 5.75 Å². The first-order valence-electron chi connectivity index (χ1n) is 4.79. The zero-order valence-corrected chi connectivity index (χ0v) is 10.5.